The number of aliphatic hydroxyl groups excluding tert-OH is 1. The molecule has 2 unspecified atom stereocenters. The van der Waals surface area contributed by atoms with Crippen molar-refractivity contribution in [2.24, 2.45) is 0 Å². The number of aliphatic hydroxyl groups is 1. The molecule has 2 atom stereocenters. The molecule has 0 radical (unpaired) electrons. The van der Waals surface area contributed by atoms with E-state index < -0.39 is 0 Å². The largest absolute Gasteiger partial charge is 0.391 e. The smallest absolute Gasteiger partial charge is 0.220 e. The van der Waals surface area contributed by atoms with Crippen LogP contribution in [0.1, 0.15) is 50.5 Å². The summed E-state index contributed by atoms with van der Waals surface area (Å²) in [5, 5.41) is 13.3. The maximum atomic E-state index is 13.1. The van der Waals surface area contributed by atoms with Crippen LogP contribution < -0.4 is 5.32 Å². The van der Waals surface area contributed by atoms with Crippen LogP contribution in [0.15, 0.2) is 18.5 Å². The molecule has 0 spiro atoms. The molecule has 1 aliphatic heterocycles. The van der Waals surface area contributed by atoms with Crippen LogP contribution in [0.4, 0.5) is 4.39 Å². The Hall–Kier alpha value is -1.53. The van der Waals surface area contributed by atoms with Crippen LogP contribution in [0, 0.1) is 5.82 Å². The van der Waals surface area contributed by atoms with Crippen molar-refractivity contribution < 1.29 is 14.3 Å². The Balaban J connectivity index is 1.39. The lowest BCUT2D eigenvalue weighted by Crippen LogP contribution is -2.52. The van der Waals surface area contributed by atoms with Gasteiger partial charge in [0.15, 0.2) is 0 Å². The zero-order valence-corrected chi connectivity index (χ0v) is 14.7. The molecule has 2 N–H and O–H groups in total. The summed E-state index contributed by atoms with van der Waals surface area (Å²) in [6, 6.07) is 1.93. The summed E-state index contributed by atoms with van der Waals surface area (Å²) in [4.78, 5) is 18.3. The van der Waals surface area contributed by atoms with E-state index in [-0.39, 0.29) is 23.9 Å². The Morgan fingerprint density at radius 1 is 1.24 bits per heavy atom. The van der Waals surface area contributed by atoms with Crippen LogP contribution in [-0.4, -0.2) is 52.2 Å². The second-order valence-electron chi connectivity index (χ2n) is 7.31. The van der Waals surface area contributed by atoms with Crippen LogP contribution in [0.3, 0.4) is 0 Å². The number of hydrogen-bond acceptors (Lipinski definition) is 4. The van der Waals surface area contributed by atoms with Gasteiger partial charge >= 0.3 is 0 Å². The summed E-state index contributed by atoms with van der Waals surface area (Å²) in [6.07, 6.45) is 9.61. The van der Waals surface area contributed by atoms with E-state index >= 15 is 0 Å². The van der Waals surface area contributed by atoms with Gasteiger partial charge in [-0.2, -0.15) is 0 Å². The van der Waals surface area contributed by atoms with Crippen LogP contribution >= 0.6 is 0 Å². The normalized spacial score (nSPS) is 25.7. The van der Waals surface area contributed by atoms with Crippen LogP contribution in [0.25, 0.3) is 0 Å². The molecular formula is C19H28FN3O2. The van der Waals surface area contributed by atoms with Crippen molar-refractivity contribution in [1.82, 2.24) is 15.2 Å². The van der Waals surface area contributed by atoms with Gasteiger partial charge < -0.3 is 10.4 Å². The Morgan fingerprint density at radius 3 is 2.72 bits per heavy atom. The fourth-order valence-corrected chi connectivity index (χ4v) is 4.04. The molecule has 1 aliphatic carbocycles. The van der Waals surface area contributed by atoms with Gasteiger partial charge in [0.2, 0.25) is 5.91 Å². The number of amides is 1. The Bertz CT molecular complexity index is 576. The molecule has 2 fully saturated rings. The number of nitrogens with one attached hydrogen (secondary N) is 1. The topological polar surface area (TPSA) is 65.5 Å². The van der Waals surface area contributed by atoms with Crippen molar-refractivity contribution in [3.05, 3.63) is 29.8 Å². The number of likely N-dealkylation sites (tertiary alicyclic amines) is 1. The molecule has 0 bridgehead atoms. The van der Waals surface area contributed by atoms with Gasteiger partial charge in [0, 0.05) is 37.8 Å². The zero-order valence-electron chi connectivity index (χ0n) is 14.7. The number of carbonyl (C=O) groups is 1. The van der Waals surface area contributed by atoms with Crippen molar-refractivity contribution in [3.63, 3.8) is 0 Å². The molecular weight excluding hydrogens is 321 g/mol. The number of hydrogen-bond donors (Lipinski definition) is 2. The highest BCUT2D eigenvalue weighted by Gasteiger charge is 2.31. The Kier molecular flexibility index (Phi) is 6.37. The molecule has 1 aromatic heterocycles. The molecule has 6 heteroatoms. The molecule has 1 amide bonds. The van der Waals surface area contributed by atoms with Crippen LogP contribution in [0.5, 0.6) is 0 Å². The van der Waals surface area contributed by atoms with E-state index in [0.717, 1.165) is 50.8 Å². The van der Waals surface area contributed by atoms with Crippen molar-refractivity contribution in [3.8, 4) is 0 Å². The lowest BCUT2D eigenvalue weighted by atomic mass is 9.89. The average molecular weight is 349 g/mol. The van der Waals surface area contributed by atoms with Gasteiger partial charge in [0.1, 0.15) is 5.82 Å². The molecule has 2 aliphatic rings. The highest BCUT2D eigenvalue weighted by Crippen LogP contribution is 2.25. The van der Waals surface area contributed by atoms with Gasteiger partial charge in [-0.1, -0.05) is 12.8 Å². The van der Waals surface area contributed by atoms with Crippen LogP contribution in [-0.2, 0) is 11.2 Å². The summed E-state index contributed by atoms with van der Waals surface area (Å²) < 4.78 is 13.1. The summed E-state index contributed by atoms with van der Waals surface area (Å²) in [5.41, 5.74) is 0.747. The van der Waals surface area contributed by atoms with Crippen molar-refractivity contribution in [2.75, 3.05) is 13.1 Å². The van der Waals surface area contributed by atoms with Crippen molar-refractivity contribution in [2.45, 2.75) is 69.6 Å². The molecule has 25 heavy (non-hydrogen) atoms. The molecule has 2 heterocycles. The van der Waals surface area contributed by atoms with Crippen molar-refractivity contribution >= 4 is 5.91 Å². The quantitative estimate of drug-likeness (QED) is 0.854. The average Bonchev–Trinajstić information content (AvgIpc) is 2.61. The monoisotopic (exact) mass is 349 g/mol. The maximum absolute atomic E-state index is 13.1. The zero-order chi connectivity index (χ0) is 17.6. The van der Waals surface area contributed by atoms with E-state index in [1.165, 1.54) is 18.7 Å². The number of rotatable bonds is 5. The predicted octanol–water partition coefficient (Wildman–Crippen LogP) is 2.04. The number of aryl methyl sites for hydroxylation is 1. The fraction of sp³-hybridized carbons (Fsp3) is 0.684. The molecule has 3 rings (SSSR count). The Labute approximate surface area is 148 Å². The van der Waals surface area contributed by atoms with E-state index in [1.807, 2.05) is 0 Å². The van der Waals surface area contributed by atoms with E-state index in [0.29, 0.717) is 18.9 Å². The summed E-state index contributed by atoms with van der Waals surface area (Å²) in [5.74, 6) is -0.351. The van der Waals surface area contributed by atoms with Crippen LogP contribution in [0.2, 0.25) is 0 Å². The first kappa shape index (κ1) is 18.3. The third kappa shape index (κ3) is 5.22. The second-order valence-corrected chi connectivity index (χ2v) is 7.31. The molecule has 1 saturated carbocycles. The standard InChI is InChI=1S/C19H28FN3O2/c20-15-11-14(12-21-13-15)5-6-19(25)22-16-7-9-23(10-8-16)17-3-1-2-4-18(17)24/h11-13,16-18,24H,1-10H2,(H,22,25). The highest BCUT2D eigenvalue weighted by atomic mass is 19.1. The minimum absolute atomic E-state index is 0.0143. The minimum Gasteiger partial charge on any atom is -0.391 e. The SMILES string of the molecule is O=C(CCc1cncc(F)c1)NC1CCN(C2CCCCC2O)CC1. The first-order chi connectivity index (χ1) is 12.1. The summed E-state index contributed by atoms with van der Waals surface area (Å²) >= 11 is 0. The number of halogens is 1. The van der Waals surface area contributed by atoms with Gasteiger partial charge in [-0.25, -0.2) is 4.39 Å². The van der Waals surface area contributed by atoms with E-state index in [1.54, 1.807) is 6.20 Å². The van der Waals surface area contributed by atoms with Gasteiger partial charge in [-0.05, 0) is 43.7 Å². The number of carbonyl (C=O) groups excluding carboxylic acids is 1. The number of nitrogens with zero attached hydrogens (tertiary/aromatic N) is 2. The molecule has 0 aromatic carbocycles. The lowest BCUT2D eigenvalue weighted by Gasteiger charge is -2.41. The highest BCUT2D eigenvalue weighted by molar-refractivity contribution is 5.76. The summed E-state index contributed by atoms with van der Waals surface area (Å²) in [7, 11) is 0. The maximum Gasteiger partial charge on any atom is 0.220 e. The fourth-order valence-electron chi connectivity index (χ4n) is 4.04. The summed E-state index contributed by atoms with van der Waals surface area (Å²) in [6.45, 7) is 1.86. The number of aromatic nitrogens is 1. The predicted molar refractivity (Wildman–Crippen MR) is 93.5 cm³/mol. The lowest BCUT2D eigenvalue weighted by molar-refractivity contribution is -0.122. The van der Waals surface area contributed by atoms with E-state index in [9.17, 15) is 14.3 Å². The van der Waals surface area contributed by atoms with E-state index in [2.05, 4.69) is 15.2 Å². The molecule has 1 saturated heterocycles. The first-order valence-corrected chi connectivity index (χ1v) is 9.43. The third-order valence-corrected chi connectivity index (χ3v) is 5.46. The van der Waals surface area contributed by atoms with Crippen molar-refractivity contribution in [1.29, 1.82) is 0 Å². The van der Waals surface area contributed by atoms with Gasteiger partial charge in [0.05, 0.1) is 12.3 Å². The van der Waals surface area contributed by atoms with Gasteiger partial charge in [-0.3, -0.25) is 14.7 Å². The number of pyridine rings is 1. The molecule has 5 nitrogen and oxygen atoms in total. The second kappa shape index (κ2) is 8.72. The Morgan fingerprint density at radius 2 is 2.00 bits per heavy atom. The van der Waals surface area contributed by atoms with Gasteiger partial charge in [0.25, 0.3) is 0 Å². The van der Waals surface area contributed by atoms with E-state index in [4.69, 9.17) is 0 Å². The van der Waals surface area contributed by atoms with Gasteiger partial charge in [-0.15, -0.1) is 0 Å². The molecule has 138 valence electrons. The minimum atomic E-state index is -0.366. The first-order valence-electron chi connectivity index (χ1n) is 9.43. The third-order valence-electron chi connectivity index (χ3n) is 5.46. The number of piperidine rings is 1. The molecule has 1 aromatic rings.